The van der Waals surface area contributed by atoms with Crippen LogP contribution in [0.2, 0.25) is 0 Å². The highest BCUT2D eigenvalue weighted by atomic mass is 35.5. The van der Waals surface area contributed by atoms with E-state index in [1.54, 1.807) is 12.2 Å². The third-order valence-corrected chi connectivity index (χ3v) is 8.11. The molecule has 6 atom stereocenters. The quantitative estimate of drug-likeness (QED) is 0.492. The molecule has 3 aliphatic rings. The van der Waals surface area contributed by atoms with Gasteiger partial charge in [-0.25, -0.2) is 0 Å². The number of rotatable bonds is 0. The molecule has 0 aliphatic carbocycles. The van der Waals surface area contributed by atoms with Gasteiger partial charge in [0.15, 0.2) is 0 Å². The van der Waals surface area contributed by atoms with Crippen molar-refractivity contribution in [2.75, 3.05) is 0 Å². The lowest BCUT2D eigenvalue weighted by Crippen LogP contribution is -2.31. The molecule has 1 saturated heterocycles. The van der Waals surface area contributed by atoms with Crippen molar-refractivity contribution in [1.29, 1.82) is 0 Å². The minimum Gasteiger partial charge on any atom is -0.257 e. The molecule has 0 radical (unpaired) electrons. The highest BCUT2D eigenvalue weighted by molar-refractivity contribution is 7.95. The van der Waals surface area contributed by atoms with Crippen molar-refractivity contribution < 1.29 is 8.42 Å². The maximum Gasteiger partial charge on any atom is 0.145 e. The van der Waals surface area contributed by atoms with Crippen LogP contribution in [-0.2, 0) is 21.6 Å². The molecule has 3 aliphatic heterocycles. The lowest BCUT2D eigenvalue weighted by Gasteiger charge is -2.21. The van der Waals surface area contributed by atoms with Crippen molar-refractivity contribution >= 4 is 44.8 Å². The molecule has 0 saturated carbocycles. The first kappa shape index (κ1) is 9.58. The maximum absolute atomic E-state index is 11.9. The third-order valence-electron chi connectivity index (χ3n) is 2.95. The normalized spacial score (nSPS) is 59.0. The Kier molecular flexibility index (Phi) is 1.87. The molecular weight excluding hydrogens is 263 g/mol. The second kappa shape index (κ2) is 2.73. The second-order valence-electron chi connectivity index (χ2n) is 3.58. The van der Waals surface area contributed by atoms with Gasteiger partial charge in [0.2, 0.25) is 0 Å². The largest absolute Gasteiger partial charge is 0.257 e. The SMILES string of the molecule is O=S1C2C=C[C@@]1(Cl)[C@H]1C=C(Cl)[S@@](=O)[C@@H]21. The number of alkyl halides is 1. The molecular formula is C8H6Cl2O2S2. The fourth-order valence-corrected chi connectivity index (χ4v) is 7.25. The van der Waals surface area contributed by atoms with Crippen molar-refractivity contribution in [3.63, 3.8) is 0 Å². The highest BCUT2D eigenvalue weighted by Gasteiger charge is 2.63. The lowest BCUT2D eigenvalue weighted by atomic mass is 9.94. The van der Waals surface area contributed by atoms with Gasteiger partial charge in [-0.3, -0.25) is 8.42 Å². The first-order valence-corrected chi connectivity index (χ1v) is 7.31. The topological polar surface area (TPSA) is 34.1 Å². The Morgan fingerprint density at radius 3 is 2.79 bits per heavy atom. The molecule has 2 unspecified atom stereocenters. The first-order chi connectivity index (χ1) is 6.55. The van der Waals surface area contributed by atoms with Gasteiger partial charge in [-0.05, 0) is 6.08 Å². The van der Waals surface area contributed by atoms with Crippen molar-refractivity contribution in [1.82, 2.24) is 0 Å². The molecule has 0 aromatic rings. The van der Waals surface area contributed by atoms with Crippen LogP contribution in [0.15, 0.2) is 22.6 Å². The van der Waals surface area contributed by atoms with Crippen LogP contribution in [0, 0.1) is 5.92 Å². The first-order valence-electron chi connectivity index (χ1n) is 4.12. The molecule has 3 heterocycles. The van der Waals surface area contributed by atoms with Gasteiger partial charge in [-0.2, -0.15) is 0 Å². The zero-order valence-corrected chi connectivity index (χ0v) is 10.00. The summed E-state index contributed by atoms with van der Waals surface area (Å²) in [6.45, 7) is 0. The van der Waals surface area contributed by atoms with E-state index in [0.717, 1.165) is 0 Å². The van der Waals surface area contributed by atoms with E-state index < -0.39 is 25.8 Å². The summed E-state index contributed by atoms with van der Waals surface area (Å²) in [5.74, 6) is -0.131. The van der Waals surface area contributed by atoms with E-state index in [4.69, 9.17) is 23.2 Å². The van der Waals surface area contributed by atoms with E-state index in [2.05, 4.69) is 0 Å². The molecule has 0 aromatic carbocycles. The van der Waals surface area contributed by atoms with Crippen LogP contribution < -0.4 is 0 Å². The molecule has 3 rings (SSSR count). The monoisotopic (exact) mass is 268 g/mol. The average molecular weight is 269 g/mol. The predicted octanol–water partition coefficient (Wildman–Crippen LogP) is 1.45. The van der Waals surface area contributed by atoms with E-state index in [1.807, 2.05) is 6.08 Å². The standard InChI is InChI=1S/C8H6Cl2O2S2/c9-6-3-4-7(13(6)11)5-1-2-8(4,10)14(5)12/h1-5,7H/t4-,5?,7+,8-,13+,14?/m0/s1. The van der Waals surface area contributed by atoms with E-state index in [1.165, 1.54) is 0 Å². The molecule has 0 spiro atoms. The van der Waals surface area contributed by atoms with Crippen LogP contribution in [0.5, 0.6) is 0 Å². The number of hydrogen-bond donors (Lipinski definition) is 0. The van der Waals surface area contributed by atoms with E-state index in [9.17, 15) is 8.42 Å². The molecule has 14 heavy (non-hydrogen) atoms. The summed E-state index contributed by atoms with van der Waals surface area (Å²) in [6, 6.07) is 0. The Balaban J connectivity index is 2.18. The number of hydrogen-bond acceptors (Lipinski definition) is 2. The number of halogens is 2. The summed E-state index contributed by atoms with van der Waals surface area (Å²) >= 11 is 12.1. The maximum atomic E-state index is 11.9. The van der Waals surface area contributed by atoms with Gasteiger partial charge in [0.05, 0.1) is 32.1 Å². The van der Waals surface area contributed by atoms with E-state index in [0.29, 0.717) is 4.36 Å². The van der Waals surface area contributed by atoms with Crippen LogP contribution in [0.3, 0.4) is 0 Å². The zero-order chi connectivity index (χ0) is 10.1. The number of allylic oxidation sites excluding steroid dienone is 1. The summed E-state index contributed by atoms with van der Waals surface area (Å²) in [5.41, 5.74) is 0. The van der Waals surface area contributed by atoms with Crippen molar-refractivity contribution in [3.8, 4) is 0 Å². The van der Waals surface area contributed by atoms with Gasteiger partial charge < -0.3 is 0 Å². The Morgan fingerprint density at radius 1 is 1.43 bits per heavy atom. The van der Waals surface area contributed by atoms with Crippen LogP contribution in [0.1, 0.15) is 0 Å². The fourth-order valence-electron chi connectivity index (χ4n) is 2.28. The predicted molar refractivity (Wildman–Crippen MR) is 59.0 cm³/mol. The smallest absolute Gasteiger partial charge is 0.145 e. The van der Waals surface area contributed by atoms with Crippen LogP contribution in [0.4, 0.5) is 0 Å². The summed E-state index contributed by atoms with van der Waals surface area (Å²) in [4.78, 5) is 0. The van der Waals surface area contributed by atoms with Gasteiger partial charge in [0.1, 0.15) is 8.57 Å². The van der Waals surface area contributed by atoms with Gasteiger partial charge in [-0.15, -0.1) is 0 Å². The Labute approximate surface area is 96.3 Å². The lowest BCUT2D eigenvalue weighted by molar-refractivity contribution is 0.609. The van der Waals surface area contributed by atoms with Crippen LogP contribution in [0.25, 0.3) is 0 Å². The third kappa shape index (κ3) is 0.889. The second-order valence-corrected chi connectivity index (χ2v) is 8.45. The minimum atomic E-state index is -1.22. The zero-order valence-electron chi connectivity index (χ0n) is 6.85. The Morgan fingerprint density at radius 2 is 2.14 bits per heavy atom. The molecule has 76 valence electrons. The minimum absolute atomic E-state index is 0.131. The van der Waals surface area contributed by atoms with E-state index in [-0.39, 0.29) is 16.4 Å². The molecule has 6 heteroatoms. The molecule has 2 nitrogen and oxygen atoms in total. The average Bonchev–Trinajstić information content (AvgIpc) is 2.65. The highest BCUT2D eigenvalue weighted by Crippen LogP contribution is 2.55. The van der Waals surface area contributed by atoms with Crippen molar-refractivity contribution in [3.05, 3.63) is 22.6 Å². The summed E-state index contributed by atoms with van der Waals surface area (Å²) in [6.07, 6.45) is 5.28. The van der Waals surface area contributed by atoms with Crippen LogP contribution in [-0.4, -0.2) is 23.1 Å². The molecule has 2 bridgehead atoms. The van der Waals surface area contributed by atoms with Gasteiger partial charge in [-0.1, -0.05) is 35.4 Å². The number of fused-ring (bicyclic) bond motifs is 5. The van der Waals surface area contributed by atoms with Gasteiger partial charge >= 0.3 is 0 Å². The van der Waals surface area contributed by atoms with Crippen molar-refractivity contribution in [2.45, 2.75) is 14.7 Å². The molecule has 0 N–H and O–H groups in total. The van der Waals surface area contributed by atoms with E-state index >= 15 is 0 Å². The van der Waals surface area contributed by atoms with Crippen LogP contribution >= 0.6 is 23.2 Å². The van der Waals surface area contributed by atoms with Gasteiger partial charge in [0.25, 0.3) is 0 Å². The Bertz CT molecular complexity index is 431. The summed E-state index contributed by atoms with van der Waals surface area (Å²) in [7, 11) is -2.37. The summed E-state index contributed by atoms with van der Waals surface area (Å²) in [5, 5.41) is -0.364. The van der Waals surface area contributed by atoms with Gasteiger partial charge in [0, 0.05) is 5.92 Å². The Hall–Kier alpha value is 0.360. The van der Waals surface area contributed by atoms with Crippen molar-refractivity contribution in [2.24, 2.45) is 5.92 Å². The fraction of sp³-hybridized carbons (Fsp3) is 0.500. The molecule has 1 fully saturated rings. The molecule has 0 aromatic heterocycles. The summed E-state index contributed by atoms with van der Waals surface area (Å²) < 4.78 is 23.1. The molecule has 0 amide bonds.